The van der Waals surface area contributed by atoms with E-state index in [1.807, 2.05) is 0 Å². The summed E-state index contributed by atoms with van der Waals surface area (Å²) >= 11 is 0. The minimum Gasteiger partial charge on any atom is -0.508 e. The van der Waals surface area contributed by atoms with Gasteiger partial charge in [0.05, 0.1) is 15.9 Å². The van der Waals surface area contributed by atoms with Crippen LogP contribution in [0, 0.1) is 20.2 Å². The van der Waals surface area contributed by atoms with Crippen molar-refractivity contribution in [3.05, 3.63) is 67.8 Å². The minimum atomic E-state index is -4.25. The number of nitro benzene ring substituents is 2. The highest BCUT2D eigenvalue weighted by Gasteiger charge is 2.36. The normalized spacial score (nSPS) is 14.2. The van der Waals surface area contributed by atoms with Gasteiger partial charge in [-0.25, -0.2) is 8.42 Å². The summed E-state index contributed by atoms with van der Waals surface area (Å²) in [6, 6.07) is 6.83. The van der Waals surface area contributed by atoms with Crippen LogP contribution in [0.4, 0.5) is 11.4 Å². The largest absolute Gasteiger partial charge is 0.508 e. The number of sulfonamides is 1. The van der Waals surface area contributed by atoms with Crippen LogP contribution in [0.15, 0.2) is 41.3 Å². The number of aromatic hydroxyl groups is 1. The summed E-state index contributed by atoms with van der Waals surface area (Å²) in [6.07, 6.45) is 0. The van der Waals surface area contributed by atoms with Gasteiger partial charge in [0.2, 0.25) is 0 Å². The average molecular weight is 365 g/mol. The summed E-state index contributed by atoms with van der Waals surface area (Å²) in [5, 5.41) is 31.4. The fourth-order valence-electron chi connectivity index (χ4n) is 2.64. The lowest BCUT2D eigenvalue weighted by atomic mass is 10.1. The molecule has 3 rings (SSSR count). The fourth-order valence-corrected chi connectivity index (χ4v) is 4.17. The molecule has 0 spiro atoms. The molecule has 1 aliphatic heterocycles. The summed E-state index contributed by atoms with van der Waals surface area (Å²) < 4.78 is 26.6. The Morgan fingerprint density at radius 3 is 2.28 bits per heavy atom. The van der Waals surface area contributed by atoms with Gasteiger partial charge >= 0.3 is 0 Å². The van der Waals surface area contributed by atoms with Gasteiger partial charge in [0.25, 0.3) is 21.4 Å². The second kappa shape index (κ2) is 5.79. The zero-order valence-electron chi connectivity index (χ0n) is 12.5. The maximum absolute atomic E-state index is 12.8. The van der Waals surface area contributed by atoms with Crippen LogP contribution in [0.2, 0.25) is 0 Å². The molecule has 0 unspecified atom stereocenters. The van der Waals surface area contributed by atoms with E-state index in [4.69, 9.17) is 0 Å². The Kier molecular flexibility index (Phi) is 3.89. The molecular formula is C14H11N3O7S. The molecule has 0 radical (unpaired) electrons. The molecule has 2 aromatic carbocycles. The molecule has 2 aromatic rings. The quantitative estimate of drug-likeness (QED) is 0.643. The Labute approximate surface area is 141 Å². The second-order valence-electron chi connectivity index (χ2n) is 5.39. The monoisotopic (exact) mass is 365 g/mol. The van der Waals surface area contributed by atoms with Gasteiger partial charge in [0, 0.05) is 19.2 Å². The molecule has 0 saturated heterocycles. The summed E-state index contributed by atoms with van der Waals surface area (Å²) in [5.74, 6) is -0.0145. The van der Waals surface area contributed by atoms with Gasteiger partial charge in [0.1, 0.15) is 5.75 Å². The molecule has 0 aliphatic carbocycles. The Balaban J connectivity index is 2.04. The van der Waals surface area contributed by atoms with Crippen molar-refractivity contribution in [2.75, 3.05) is 0 Å². The first-order chi connectivity index (χ1) is 11.7. The van der Waals surface area contributed by atoms with Gasteiger partial charge in [-0.15, -0.1) is 0 Å². The summed E-state index contributed by atoms with van der Waals surface area (Å²) in [5.41, 5.74) is -0.160. The van der Waals surface area contributed by atoms with E-state index in [0.717, 1.165) is 16.4 Å². The molecule has 11 heteroatoms. The zero-order valence-corrected chi connectivity index (χ0v) is 13.3. The van der Waals surface area contributed by atoms with E-state index in [0.29, 0.717) is 17.2 Å². The number of nitrogens with zero attached hydrogens (tertiary/aromatic N) is 3. The number of fused-ring (bicyclic) bond motifs is 1. The topological polar surface area (TPSA) is 144 Å². The van der Waals surface area contributed by atoms with E-state index in [-0.39, 0.29) is 18.8 Å². The van der Waals surface area contributed by atoms with E-state index in [1.54, 1.807) is 6.07 Å². The van der Waals surface area contributed by atoms with Crippen molar-refractivity contribution in [3.8, 4) is 5.75 Å². The van der Waals surface area contributed by atoms with Crippen molar-refractivity contribution in [1.29, 1.82) is 0 Å². The van der Waals surface area contributed by atoms with Crippen LogP contribution in [0.5, 0.6) is 5.75 Å². The van der Waals surface area contributed by atoms with Crippen LogP contribution in [0.25, 0.3) is 0 Å². The summed E-state index contributed by atoms with van der Waals surface area (Å²) in [4.78, 5) is 19.6. The number of nitro groups is 2. The van der Waals surface area contributed by atoms with Crippen molar-refractivity contribution < 1.29 is 23.4 Å². The molecule has 0 atom stereocenters. The Bertz CT molecular complexity index is 1000. The highest BCUT2D eigenvalue weighted by atomic mass is 32.2. The zero-order chi connectivity index (χ0) is 18.4. The van der Waals surface area contributed by atoms with E-state index >= 15 is 0 Å². The number of phenols is 1. The third-order valence-corrected chi connectivity index (χ3v) is 5.69. The van der Waals surface area contributed by atoms with Gasteiger partial charge in [0.15, 0.2) is 4.90 Å². The summed E-state index contributed by atoms with van der Waals surface area (Å²) in [6.45, 7) is -0.0632. The van der Waals surface area contributed by atoms with Crippen molar-refractivity contribution in [2.45, 2.75) is 18.0 Å². The highest BCUT2D eigenvalue weighted by molar-refractivity contribution is 7.89. The molecule has 0 fully saturated rings. The molecule has 0 amide bonds. The van der Waals surface area contributed by atoms with Crippen LogP contribution in [-0.2, 0) is 23.1 Å². The molecule has 1 N–H and O–H groups in total. The van der Waals surface area contributed by atoms with Gasteiger partial charge < -0.3 is 5.11 Å². The number of hydrogen-bond acceptors (Lipinski definition) is 7. The predicted molar refractivity (Wildman–Crippen MR) is 84.3 cm³/mol. The van der Waals surface area contributed by atoms with Crippen molar-refractivity contribution >= 4 is 21.4 Å². The number of non-ortho nitro benzene ring substituents is 1. The average Bonchev–Trinajstić information content (AvgIpc) is 2.98. The maximum atomic E-state index is 12.8. The van der Waals surface area contributed by atoms with Gasteiger partial charge in [-0.2, -0.15) is 4.31 Å². The third kappa shape index (κ3) is 2.90. The van der Waals surface area contributed by atoms with Crippen molar-refractivity contribution in [3.63, 3.8) is 0 Å². The molecular weight excluding hydrogens is 354 g/mol. The molecule has 0 aromatic heterocycles. The number of rotatable bonds is 4. The number of hydrogen-bond donors (Lipinski definition) is 1. The van der Waals surface area contributed by atoms with Crippen LogP contribution >= 0.6 is 0 Å². The molecule has 10 nitrogen and oxygen atoms in total. The first kappa shape index (κ1) is 16.8. The highest BCUT2D eigenvalue weighted by Crippen LogP contribution is 2.35. The minimum absolute atomic E-state index is 0.00785. The fraction of sp³-hybridized carbons (Fsp3) is 0.143. The van der Waals surface area contributed by atoms with E-state index in [2.05, 4.69) is 0 Å². The van der Waals surface area contributed by atoms with Gasteiger partial charge in [-0.1, -0.05) is 6.07 Å². The second-order valence-corrected chi connectivity index (χ2v) is 7.30. The molecule has 1 aliphatic rings. The molecule has 0 saturated carbocycles. The number of phenolic OH excluding ortho intramolecular Hbond substituents is 1. The SMILES string of the molecule is O=[N+]([O-])c1ccc(S(=O)(=O)N2Cc3ccc(O)cc3C2)c([N+](=O)[O-])c1. The lowest BCUT2D eigenvalue weighted by molar-refractivity contribution is -0.396. The van der Waals surface area contributed by atoms with Crippen LogP contribution in [0.3, 0.4) is 0 Å². The molecule has 0 bridgehead atoms. The number of benzene rings is 2. The van der Waals surface area contributed by atoms with E-state index in [9.17, 15) is 33.8 Å². The Hall–Kier alpha value is -3.05. The molecule has 130 valence electrons. The Morgan fingerprint density at radius 1 is 0.960 bits per heavy atom. The smallest absolute Gasteiger partial charge is 0.296 e. The van der Waals surface area contributed by atoms with Gasteiger partial charge in [-0.05, 0) is 29.3 Å². The van der Waals surface area contributed by atoms with E-state index in [1.165, 1.54) is 12.1 Å². The standard InChI is InChI=1S/C14H11N3O7S/c18-12-3-1-9-7-15(8-10(9)5-12)25(23,24)14-4-2-11(16(19)20)6-13(14)17(21)22/h1-6,18H,7-8H2. The molecule has 1 heterocycles. The van der Waals surface area contributed by atoms with Crippen molar-refractivity contribution in [2.24, 2.45) is 0 Å². The third-order valence-electron chi connectivity index (χ3n) is 3.85. The van der Waals surface area contributed by atoms with Gasteiger partial charge in [-0.3, -0.25) is 20.2 Å². The Morgan fingerprint density at radius 2 is 1.64 bits per heavy atom. The van der Waals surface area contributed by atoms with Crippen LogP contribution in [0.1, 0.15) is 11.1 Å². The summed E-state index contributed by atoms with van der Waals surface area (Å²) in [7, 11) is -4.25. The van der Waals surface area contributed by atoms with E-state index < -0.39 is 36.1 Å². The van der Waals surface area contributed by atoms with Crippen molar-refractivity contribution in [1.82, 2.24) is 4.31 Å². The lowest BCUT2D eigenvalue weighted by Gasteiger charge is -2.15. The van der Waals surface area contributed by atoms with Crippen LogP contribution in [-0.4, -0.2) is 27.7 Å². The lowest BCUT2D eigenvalue weighted by Crippen LogP contribution is -2.26. The predicted octanol–water partition coefficient (Wildman–Crippen LogP) is 1.91. The maximum Gasteiger partial charge on any atom is 0.296 e. The molecule has 25 heavy (non-hydrogen) atoms. The first-order valence-electron chi connectivity index (χ1n) is 6.94. The van der Waals surface area contributed by atoms with Crippen LogP contribution < -0.4 is 0 Å². The first-order valence-corrected chi connectivity index (χ1v) is 8.38.